The van der Waals surface area contributed by atoms with Gasteiger partial charge in [0.2, 0.25) is 0 Å². The second-order valence-corrected chi connectivity index (χ2v) is 3.12. The zero-order valence-corrected chi connectivity index (χ0v) is 7.73. The Labute approximate surface area is 77.2 Å². The standard InChI is InChI=1S/C9H14N2O2/c1-11-7-8(6-10-11)4-2-3-5-9(12)13/h6-7H,2-5H2,1H3,(H,12,13). The van der Waals surface area contributed by atoms with Crippen molar-refractivity contribution in [1.29, 1.82) is 0 Å². The summed E-state index contributed by atoms with van der Waals surface area (Å²) in [4.78, 5) is 10.2. The van der Waals surface area contributed by atoms with Gasteiger partial charge in [-0.3, -0.25) is 9.48 Å². The number of aryl methyl sites for hydroxylation is 2. The number of carboxylic acids is 1. The molecule has 4 heteroatoms. The van der Waals surface area contributed by atoms with Gasteiger partial charge in [0.15, 0.2) is 0 Å². The van der Waals surface area contributed by atoms with E-state index in [2.05, 4.69) is 5.10 Å². The van der Waals surface area contributed by atoms with E-state index in [9.17, 15) is 4.79 Å². The molecule has 0 saturated carbocycles. The Morgan fingerprint density at radius 3 is 2.92 bits per heavy atom. The molecule has 72 valence electrons. The van der Waals surface area contributed by atoms with E-state index >= 15 is 0 Å². The fourth-order valence-corrected chi connectivity index (χ4v) is 1.21. The second kappa shape index (κ2) is 4.64. The van der Waals surface area contributed by atoms with Crippen molar-refractivity contribution in [2.45, 2.75) is 25.7 Å². The minimum atomic E-state index is -0.716. The van der Waals surface area contributed by atoms with Gasteiger partial charge in [-0.2, -0.15) is 5.10 Å². The highest BCUT2D eigenvalue weighted by molar-refractivity contribution is 5.66. The van der Waals surface area contributed by atoms with Crippen LogP contribution < -0.4 is 0 Å². The average Bonchev–Trinajstić information content (AvgIpc) is 2.45. The van der Waals surface area contributed by atoms with Gasteiger partial charge in [0, 0.05) is 19.7 Å². The van der Waals surface area contributed by atoms with Crippen molar-refractivity contribution in [2.75, 3.05) is 0 Å². The Hall–Kier alpha value is -1.32. The summed E-state index contributed by atoms with van der Waals surface area (Å²) in [5.74, 6) is -0.716. The van der Waals surface area contributed by atoms with Crippen molar-refractivity contribution >= 4 is 5.97 Å². The van der Waals surface area contributed by atoms with Crippen LogP contribution in [0.3, 0.4) is 0 Å². The number of nitrogens with zero attached hydrogens (tertiary/aromatic N) is 2. The number of hydrogen-bond donors (Lipinski definition) is 1. The lowest BCUT2D eigenvalue weighted by Crippen LogP contribution is -1.94. The lowest BCUT2D eigenvalue weighted by atomic mass is 10.1. The first kappa shape index (κ1) is 9.77. The molecule has 0 spiro atoms. The molecule has 0 aliphatic carbocycles. The molecule has 1 N–H and O–H groups in total. The van der Waals surface area contributed by atoms with Crippen LogP contribution in [-0.4, -0.2) is 20.9 Å². The van der Waals surface area contributed by atoms with Crippen molar-refractivity contribution < 1.29 is 9.90 Å². The molecule has 0 aliphatic rings. The van der Waals surface area contributed by atoms with E-state index in [4.69, 9.17) is 5.11 Å². The number of carboxylic acid groups (broad SMARTS) is 1. The van der Waals surface area contributed by atoms with E-state index in [-0.39, 0.29) is 6.42 Å². The molecule has 0 atom stereocenters. The second-order valence-electron chi connectivity index (χ2n) is 3.12. The van der Waals surface area contributed by atoms with E-state index < -0.39 is 5.97 Å². The van der Waals surface area contributed by atoms with Crippen LogP contribution in [-0.2, 0) is 18.3 Å². The maximum absolute atomic E-state index is 10.2. The topological polar surface area (TPSA) is 55.1 Å². The van der Waals surface area contributed by atoms with Crippen LogP contribution in [0.5, 0.6) is 0 Å². The lowest BCUT2D eigenvalue weighted by molar-refractivity contribution is -0.137. The molecule has 13 heavy (non-hydrogen) atoms. The van der Waals surface area contributed by atoms with Crippen molar-refractivity contribution in [3.05, 3.63) is 18.0 Å². The predicted molar refractivity (Wildman–Crippen MR) is 48.4 cm³/mol. The zero-order chi connectivity index (χ0) is 9.68. The molecule has 1 aromatic rings. The Morgan fingerprint density at radius 1 is 1.62 bits per heavy atom. The van der Waals surface area contributed by atoms with Gasteiger partial charge in [-0.1, -0.05) is 0 Å². The minimum Gasteiger partial charge on any atom is -0.481 e. The van der Waals surface area contributed by atoms with Crippen molar-refractivity contribution in [2.24, 2.45) is 7.05 Å². The van der Waals surface area contributed by atoms with Crippen molar-refractivity contribution in [3.63, 3.8) is 0 Å². The summed E-state index contributed by atoms with van der Waals surface area (Å²) in [7, 11) is 1.88. The van der Waals surface area contributed by atoms with Gasteiger partial charge in [-0.05, 0) is 24.8 Å². The smallest absolute Gasteiger partial charge is 0.303 e. The van der Waals surface area contributed by atoms with E-state index in [0.717, 1.165) is 19.3 Å². The minimum absolute atomic E-state index is 0.264. The Bertz CT molecular complexity index is 281. The highest BCUT2D eigenvalue weighted by Crippen LogP contribution is 2.04. The fourth-order valence-electron chi connectivity index (χ4n) is 1.21. The van der Waals surface area contributed by atoms with E-state index in [1.54, 1.807) is 4.68 Å². The van der Waals surface area contributed by atoms with E-state index in [0.29, 0.717) is 0 Å². The summed E-state index contributed by atoms with van der Waals surface area (Å²) in [6.07, 6.45) is 6.62. The predicted octanol–water partition coefficient (Wildman–Crippen LogP) is 1.22. The number of carbonyl (C=O) groups is 1. The highest BCUT2D eigenvalue weighted by atomic mass is 16.4. The summed E-state index contributed by atoms with van der Waals surface area (Å²) in [5.41, 5.74) is 1.17. The van der Waals surface area contributed by atoms with E-state index in [1.807, 2.05) is 19.4 Å². The van der Waals surface area contributed by atoms with E-state index in [1.165, 1.54) is 5.56 Å². The molecule has 4 nitrogen and oxygen atoms in total. The molecule has 0 aliphatic heterocycles. The Balaban J connectivity index is 2.16. The number of hydrogen-bond acceptors (Lipinski definition) is 2. The van der Waals surface area contributed by atoms with Crippen LogP contribution in [0.2, 0.25) is 0 Å². The lowest BCUT2D eigenvalue weighted by Gasteiger charge is -1.95. The molecular formula is C9H14N2O2. The molecule has 0 bridgehead atoms. The Kier molecular flexibility index (Phi) is 3.49. The molecule has 1 rings (SSSR count). The molecule has 0 fully saturated rings. The molecule has 0 radical (unpaired) electrons. The third-order valence-corrected chi connectivity index (χ3v) is 1.86. The molecule has 0 amide bonds. The molecule has 1 aromatic heterocycles. The largest absolute Gasteiger partial charge is 0.481 e. The average molecular weight is 182 g/mol. The van der Waals surface area contributed by atoms with Crippen LogP contribution in [0.1, 0.15) is 24.8 Å². The first-order valence-electron chi connectivity index (χ1n) is 4.38. The summed E-state index contributed by atoms with van der Waals surface area (Å²) in [6.45, 7) is 0. The van der Waals surface area contributed by atoms with Crippen LogP contribution >= 0.6 is 0 Å². The third kappa shape index (κ3) is 3.73. The van der Waals surface area contributed by atoms with Gasteiger partial charge in [0.25, 0.3) is 0 Å². The van der Waals surface area contributed by atoms with Gasteiger partial charge < -0.3 is 5.11 Å². The van der Waals surface area contributed by atoms with Crippen LogP contribution in [0.4, 0.5) is 0 Å². The first-order chi connectivity index (χ1) is 6.18. The normalized spacial score (nSPS) is 10.2. The fraction of sp³-hybridized carbons (Fsp3) is 0.556. The summed E-state index contributed by atoms with van der Waals surface area (Å²) >= 11 is 0. The third-order valence-electron chi connectivity index (χ3n) is 1.86. The summed E-state index contributed by atoms with van der Waals surface area (Å²) in [5, 5.41) is 12.4. The Morgan fingerprint density at radius 2 is 2.38 bits per heavy atom. The highest BCUT2D eigenvalue weighted by Gasteiger charge is 1.98. The summed E-state index contributed by atoms with van der Waals surface area (Å²) < 4.78 is 1.76. The SMILES string of the molecule is Cn1cc(CCCCC(=O)O)cn1. The maximum atomic E-state index is 10.2. The van der Waals surface area contributed by atoms with Crippen LogP contribution in [0, 0.1) is 0 Å². The monoisotopic (exact) mass is 182 g/mol. The molecule has 0 unspecified atom stereocenters. The molecule has 0 aromatic carbocycles. The molecule has 1 heterocycles. The molecule has 0 saturated heterocycles. The number of unbranched alkanes of at least 4 members (excludes halogenated alkanes) is 1. The van der Waals surface area contributed by atoms with Gasteiger partial charge >= 0.3 is 5.97 Å². The number of rotatable bonds is 5. The van der Waals surface area contributed by atoms with Crippen molar-refractivity contribution in [3.8, 4) is 0 Å². The van der Waals surface area contributed by atoms with Crippen LogP contribution in [0.15, 0.2) is 12.4 Å². The molecular weight excluding hydrogens is 168 g/mol. The quantitative estimate of drug-likeness (QED) is 0.696. The van der Waals surface area contributed by atoms with Crippen molar-refractivity contribution in [1.82, 2.24) is 9.78 Å². The first-order valence-corrected chi connectivity index (χ1v) is 4.38. The van der Waals surface area contributed by atoms with Gasteiger partial charge in [-0.25, -0.2) is 0 Å². The van der Waals surface area contributed by atoms with Gasteiger partial charge in [0.05, 0.1) is 6.20 Å². The number of aromatic nitrogens is 2. The van der Waals surface area contributed by atoms with Gasteiger partial charge in [-0.15, -0.1) is 0 Å². The van der Waals surface area contributed by atoms with Crippen LogP contribution in [0.25, 0.3) is 0 Å². The zero-order valence-electron chi connectivity index (χ0n) is 7.73. The number of aliphatic carboxylic acids is 1. The van der Waals surface area contributed by atoms with Gasteiger partial charge in [0.1, 0.15) is 0 Å². The maximum Gasteiger partial charge on any atom is 0.303 e. The summed E-state index contributed by atoms with van der Waals surface area (Å²) in [6, 6.07) is 0.